The van der Waals surface area contributed by atoms with E-state index >= 15 is 0 Å². The van der Waals surface area contributed by atoms with Crippen molar-refractivity contribution >= 4 is 11.8 Å². The van der Waals surface area contributed by atoms with E-state index in [0.29, 0.717) is 12.6 Å². The second-order valence-corrected chi connectivity index (χ2v) is 4.79. The molecular formula is C8H17NO2S. The first kappa shape index (κ1) is 10.3. The summed E-state index contributed by atoms with van der Waals surface area (Å²) in [6, 6.07) is 0.520. The van der Waals surface area contributed by atoms with Gasteiger partial charge in [0.2, 0.25) is 0 Å². The van der Waals surface area contributed by atoms with Crippen LogP contribution in [0.25, 0.3) is 0 Å². The molecule has 1 aliphatic heterocycles. The SMILES string of the molecule is CC1CC(NCC(O)CO)CS1. The van der Waals surface area contributed by atoms with Crippen LogP contribution in [-0.2, 0) is 0 Å². The third kappa shape index (κ3) is 3.31. The fourth-order valence-electron chi connectivity index (χ4n) is 1.33. The molecular weight excluding hydrogens is 174 g/mol. The lowest BCUT2D eigenvalue weighted by atomic mass is 10.2. The third-order valence-corrected chi connectivity index (χ3v) is 3.41. The summed E-state index contributed by atoms with van der Waals surface area (Å²) in [5, 5.41) is 21.6. The molecule has 4 heteroatoms. The van der Waals surface area contributed by atoms with Crippen LogP contribution in [0.2, 0.25) is 0 Å². The van der Waals surface area contributed by atoms with Gasteiger partial charge in [-0.2, -0.15) is 11.8 Å². The second kappa shape index (κ2) is 5.07. The Kier molecular flexibility index (Phi) is 4.35. The Labute approximate surface area is 77.5 Å². The van der Waals surface area contributed by atoms with Crippen LogP contribution in [0, 0.1) is 0 Å². The van der Waals surface area contributed by atoms with Crippen LogP contribution < -0.4 is 5.32 Å². The lowest BCUT2D eigenvalue weighted by Crippen LogP contribution is -2.37. The molecule has 0 bridgehead atoms. The summed E-state index contributed by atoms with van der Waals surface area (Å²) < 4.78 is 0. The summed E-state index contributed by atoms with van der Waals surface area (Å²) in [4.78, 5) is 0. The van der Waals surface area contributed by atoms with Crippen LogP contribution in [0.1, 0.15) is 13.3 Å². The molecule has 1 heterocycles. The van der Waals surface area contributed by atoms with E-state index in [2.05, 4.69) is 12.2 Å². The van der Waals surface area contributed by atoms with E-state index in [4.69, 9.17) is 10.2 Å². The molecule has 12 heavy (non-hydrogen) atoms. The smallest absolute Gasteiger partial charge is 0.0895 e. The minimum absolute atomic E-state index is 0.150. The van der Waals surface area contributed by atoms with E-state index in [9.17, 15) is 0 Å². The van der Waals surface area contributed by atoms with E-state index < -0.39 is 6.10 Å². The Balaban J connectivity index is 2.07. The number of aliphatic hydroxyl groups is 2. The highest BCUT2D eigenvalue weighted by Crippen LogP contribution is 2.25. The van der Waals surface area contributed by atoms with Crippen molar-refractivity contribution in [1.82, 2.24) is 5.32 Å². The Morgan fingerprint density at radius 2 is 2.42 bits per heavy atom. The molecule has 3 nitrogen and oxygen atoms in total. The zero-order chi connectivity index (χ0) is 8.97. The lowest BCUT2D eigenvalue weighted by Gasteiger charge is -2.13. The zero-order valence-electron chi connectivity index (χ0n) is 7.36. The van der Waals surface area contributed by atoms with Gasteiger partial charge < -0.3 is 15.5 Å². The topological polar surface area (TPSA) is 52.5 Å². The lowest BCUT2D eigenvalue weighted by molar-refractivity contribution is 0.0924. The molecule has 0 amide bonds. The second-order valence-electron chi connectivity index (χ2n) is 3.32. The zero-order valence-corrected chi connectivity index (χ0v) is 8.18. The molecule has 3 atom stereocenters. The van der Waals surface area contributed by atoms with Gasteiger partial charge in [-0.3, -0.25) is 0 Å². The van der Waals surface area contributed by atoms with E-state index in [1.807, 2.05) is 11.8 Å². The summed E-state index contributed by atoms with van der Waals surface area (Å²) in [6.45, 7) is 2.58. The number of nitrogens with one attached hydrogen (secondary N) is 1. The predicted octanol–water partition coefficient (Wildman–Crippen LogP) is -0.177. The molecule has 0 radical (unpaired) electrons. The van der Waals surface area contributed by atoms with Crippen LogP contribution in [0.15, 0.2) is 0 Å². The average molecular weight is 191 g/mol. The first-order chi connectivity index (χ1) is 5.72. The van der Waals surface area contributed by atoms with Gasteiger partial charge in [-0.25, -0.2) is 0 Å². The number of thioether (sulfide) groups is 1. The maximum atomic E-state index is 9.06. The maximum absolute atomic E-state index is 9.06. The third-order valence-electron chi connectivity index (χ3n) is 2.05. The van der Waals surface area contributed by atoms with Crippen LogP contribution in [0.5, 0.6) is 0 Å². The highest BCUT2D eigenvalue weighted by atomic mass is 32.2. The molecule has 72 valence electrons. The quantitative estimate of drug-likeness (QED) is 0.577. The standard InChI is InChI=1S/C8H17NO2S/c1-6-2-7(5-12-6)9-3-8(11)4-10/h6-11H,2-5H2,1H3. The minimum atomic E-state index is -0.606. The van der Waals surface area contributed by atoms with Gasteiger partial charge in [0.1, 0.15) is 0 Å². The van der Waals surface area contributed by atoms with Crippen molar-refractivity contribution in [2.45, 2.75) is 30.7 Å². The Morgan fingerprint density at radius 3 is 2.92 bits per heavy atom. The van der Waals surface area contributed by atoms with Gasteiger partial charge in [0.25, 0.3) is 0 Å². The van der Waals surface area contributed by atoms with Gasteiger partial charge in [0.15, 0.2) is 0 Å². The molecule has 0 aliphatic carbocycles. The highest BCUT2D eigenvalue weighted by Gasteiger charge is 2.21. The van der Waals surface area contributed by atoms with E-state index in [1.54, 1.807) is 0 Å². The van der Waals surface area contributed by atoms with Gasteiger partial charge in [0.05, 0.1) is 12.7 Å². The van der Waals surface area contributed by atoms with Crippen LogP contribution in [0.3, 0.4) is 0 Å². The van der Waals surface area contributed by atoms with Crippen molar-refractivity contribution in [3.63, 3.8) is 0 Å². The van der Waals surface area contributed by atoms with Gasteiger partial charge in [0, 0.05) is 23.6 Å². The molecule has 0 spiro atoms. The summed E-state index contributed by atoms with van der Waals surface area (Å²) in [5.74, 6) is 1.12. The molecule has 3 N–H and O–H groups in total. The molecule has 1 fully saturated rings. The fraction of sp³-hybridized carbons (Fsp3) is 1.00. The Hall–Kier alpha value is 0.230. The summed E-state index contributed by atoms with van der Waals surface area (Å²) in [7, 11) is 0. The number of aliphatic hydroxyl groups excluding tert-OH is 2. The van der Waals surface area contributed by atoms with Crippen LogP contribution >= 0.6 is 11.8 Å². The fourth-order valence-corrected chi connectivity index (χ4v) is 2.51. The molecule has 1 aliphatic rings. The van der Waals surface area contributed by atoms with E-state index in [1.165, 1.54) is 6.42 Å². The first-order valence-corrected chi connectivity index (χ1v) is 5.41. The Bertz CT molecular complexity index is 134. The molecule has 0 aromatic heterocycles. The van der Waals surface area contributed by atoms with Crippen LogP contribution in [-0.4, -0.2) is 46.5 Å². The van der Waals surface area contributed by atoms with Gasteiger partial charge >= 0.3 is 0 Å². The highest BCUT2D eigenvalue weighted by molar-refractivity contribution is 8.00. The van der Waals surface area contributed by atoms with Crippen molar-refractivity contribution in [1.29, 1.82) is 0 Å². The molecule has 0 saturated carbocycles. The molecule has 1 saturated heterocycles. The summed E-state index contributed by atoms with van der Waals surface area (Å²) >= 11 is 1.96. The Morgan fingerprint density at radius 1 is 1.67 bits per heavy atom. The van der Waals surface area contributed by atoms with Crippen molar-refractivity contribution < 1.29 is 10.2 Å². The van der Waals surface area contributed by atoms with Gasteiger partial charge in [-0.15, -0.1) is 0 Å². The molecule has 0 aromatic carbocycles. The largest absolute Gasteiger partial charge is 0.394 e. The molecule has 1 rings (SSSR count). The van der Waals surface area contributed by atoms with Gasteiger partial charge in [-0.05, 0) is 6.42 Å². The van der Waals surface area contributed by atoms with Crippen molar-refractivity contribution in [2.24, 2.45) is 0 Å². The minimum Gasteiger partial charge on any atom is -0.394 e. The maximum Gasteiger partial charge on any atom is 0.0895 e. The van der Waals surface area contributed by atoms with Crippen molar-refractivity contribution in [3.05, 3.63) is 0 Å². The van der Waals surface area contributed by atoms with E-state index in [0.717, 1.165) is 11.0 Å². The molecule has 3 unspecified atom stereocenters. The normalized spacial score (nSPS) is 32.2. The van der Waals surface area contributed by atoms with Crippen LogP contribution in [0.4, 0.5) is 0 Å². The predicted molar refractivity (Wildman–Crippen MR) is 51.4 cm³/mol. The number of rotatable bonds is 4. The van der Waals surface area contributed by atoms with E-state index in [-0.39, 0.29) is 6.61 Å². The summed E-state index contributed by atoms with van der Waals surface area (Å²) in [6.07, 6.45) is 0.564. The van der Waals surface area contributed by atoms with Crippen molar-refractivity contribution in [2.75, 3.05) is 18.9 Å². The van der Waals surface area contributed by atoms with Gasteiger partial charge in [-0.1, -0.05) is 6.92 Å². The first-order valence-electron chi connectivity index (χ1n) is 4.36. The average Bonchev–Trinajstić information content (AvgIpc) is 2.47. The summed E-state index contributed by atoms with van der Waals surface area (Å²) in [5.41, 5.74) is 0. The number of hydrogen-bond donors (Lipinski definition) is 3. The van der Waals surface area contributed by atoms with Crippen molar-refractivity contribution in [3.8, 4) is 0 Å². The monoisotopic (exact) mass is 191 g/mol. The molecule has 0 aromatic rings. The number of hydrogen-bond acceptors (Lipinski definition) is 4.